The van der Waals surface area contributed by atoms with E-state index in [0.717, 1.165) is 22.4 Å². The lowest BCUT2D eigenvalue weighted by molar-refractivity contribution is 0.709. The van der Waals surface area contributed by atoms with Crippen LogP contribution in [0.3, 0.4) is 0 Å². The minimum absolute atomic E-state index is 0.403. The minimum Gasteiger partial charge on any atom is -0.340 e. The summed E-state index contributed by atoms with van der Waals surface area (Å²) in [5, 5.41) is 10.7. The summed E-state index contributed by atoms with van der Waals surface area (Å²) in [6.45, 7) is 3.22. The van der Waals surface area contributed by atoms with Crippen LogP contribution in [0.15, 0.2) is 48.7 Å². The molecule has 1 saturated heterocycles. The molecule has 0 N–H and O–H groups in total. The fourth-order valence-corrected chi connectivity index (χ4v) is 4.10. The Kier molecular flexibility index (Phi) is 3.79. The Bertz CT molecular complexity index is 800. The SMILES string of the molecule is Cc1ccccc1C1CCCN1c1nnc(-c2ccccn2)s1. The zero-order valence-electron chi connectivity index (χ0n) is 13.0. The summed E-state index contributed by atoms with van der Waals surface area (Å²) in [4.78, 5) is 6.76. The predicted octanol–water partition coefficient (Wildman–Crippen LogP) is 4.25. The van der Waals surface area contributed by atoms with Gasteiger partial charge in [-0.2, -0.15) is 0 Å². The maximum Gasteiger partial charge on any atom is 0.209 e. The van der Waals surface area contributed by atoms with E-state index in [1.54, 1.807) is 17.5 Å². The molecule has 0 aliphatic carbocycles. The van der Waals surface area contributed by atoms with Crippen molar-refractivity contribution in [2.75, 3.05) is 11.4 Å². The van der Waals surface area contributed by atoms with E-state index in [9.17, 15) is 0 Å². The van der Waals surface area contributed by atoms with Gasteiger partial charge in [0.05, 0.1) is 6.04 Å². The van der Waals surface area contributed by atoms with Crippen LogP contribution in [0, 0.1) is 6.92 Å². The molecule has 3 aromatic rings. The fourth-order valence-electron chi connectivity index (χ4n) is 3.20. The van der Waals surface area contributed by atoms with E-state index in [0.29, 0.717) is 6.04 Å². The molecule has 0 radical (unpaired) electrons. The van der Waals surface area contributed by atoms with Gasteiger partial charge in [-0.1, -0.05) is 41.7 Å². The number of hydrogen-bond acceptors (Lipinski definition) is 5. The van der Waals surface area contributed by atoms with Gasteiger partial charge in [-0.05, 0) is 43.0 Å². The van der Waals surface area contributed by atoms with E-state index < -0.39 is 0 Å². The monoisotopic (exact) mass is 322 g/mol. The summed E-state index contributed by atoms with van der Waals surface area (Å²) in [5.74, 6) is 0. The first kappa shape index (κ1) is 14.3. The van der Waals surface area contributed by atoms with Crippen LogP contribution >= 0.6 is 11.3 Å². The van der Waals surface area contributed by atoms with Gasteiger partial charge in [-0.3, -0.25) is 4.98 Å². The number of benzene rings is 1. The molecule has 0 saturated carbocycles. The van der Waals surface area contributed by atoms with Crippen molar-refractivity contribution in [3.8, 4) is 10.7 Å². The van der Waals surface area contributed by atoms with Gasteiger partial charge in [-0.25, -0.2) is 0 Å². The highest BCUT2D eigenvalue weighted by atomic mass is 32.1. The van der Waals surface area contributed by atoms with E-state index in [-0.39, 0.29) is 0 Å². The van der Waals surface area contributed by atoms with Gasteiger partial charge >= 0.3 is 0 Å². The number of anilines is 1. The smallest absolute Gasteiger partial charge is 0.209 e. The Labute approximate surface area is 139 Å². The Morgan fingerprint density at radius 3 is 2.78 bits per heavy atom. The van der Waals surface area contributed by atoms with Crippen molar-refractivity contribution in [1.29, 1.82) is 0 Å². The van der Waals surface area contributed by atoms with Gasteiger partial charge < -0.3 is 4.90 Å². The van der Waals surface area contributed by atoms with Crippen molar-refractivity contribution >= 4 is 16.5 Å². The van der Waals surface area contributed by atoms with Crippen molar-refractivity contribution < 1.29 is 0 Å². The highest BCUT2D eigenvalue weighted by Crippen LogP contribution is 2.39. The van der Waals surface area contributed by atoms with Crippen LogP contribution in [0.25, 0.3) is 10.7 Å². The van der Waals surface area contributed by atoms with E-state index in [1.807, 2.05) is 18.2 Å². The lowest BCUT2D eigenvalue weighted by Crippen LogP contribution is -2.22. The van der Waals surface area contributed by atoms with Crippen molar-refractivity contribution in [3.05, 3.63) is 59.8 Å². The highest BCUT2D eigenvalue weighted by Gasteiger charge is 2.29. The van der Waals surface area contributed by atoms with Crippen LogP contribution in [-0.4, -0.2) is 21.7 Å². The molecule has 1 aliphatic rings. The Hall–Kier alpha value is -2.27. The van der Waals surface area contributed by atoms with E-state index in [4.69, 9.17) is 0 Å². The average Bonchev–Trinajstić information content (AvgIpc) is 3.25. The van der Waals surface area contributed by atoms with Crippen LogP contribution in [0.1, 0.15) is 30.0 Å². The predicted molar refractivity (Wildman–Crippen MR) is 93.6 cm³/mol. The molecule has 4 nitrogen and oxygen atoms in total. The maximum atomic E-state index is 4.43. The molecular weight excluding hydrogens is 304 g/mol. The zero-order valence-corrected chi connectivity index (χ0v) is 13.8. The van der Waals surface area contributed by atoms with Gasteiger partial charge in [-0.15, -0.1) is 10.2 Å². The lowest BCUT2D eigenvalue weighted by Gasteiger charge is -2.25. The third kappa shape index (κ3) is 2.72. The molecule has 1 atom stereocenters. The van der Waals surface area contributed by atoms with Crippen molar-refractivity contribution in [1.82, 2.24) is 15.2 Å². The minimum atomic E-state index is 0.403. The van der Waals surface area contributed by atoms with Gasteiger partial charge in [0.2, 0.25) is 5.13 Å². The Balaban J connectivity index is 1.65. The van der Waals surface area contributed by atoms with E-state index in [1.165, 1.54) is 24.0 Å². The van der Waals surface area contributed by atoms with Gasteiger partial charge in [0, 0.05) is 12.7 Å². The van der Waals surface area contributed by atoms with Gasteiger partial charge in [0.15, 0.2) is 5.01 Å². The summed E-state index contributed by atoms with van der Waals surface area (Å²) in [6, 6.07) is 14.9. The van der Waals surface area contributed by atoms with Gasteiger partial charge in [0.1, 0.15) is 5.69 Å². The molecule has 2 aromatic heterocycles. The Morgan fingerprint density at radius 1 is 1.09 bits per heavy atom. The molecular formula is C18H18N4S. The Morgan fingerprint density at radius 2 is 1.96 bits per heavy atom. The number of aryl methyl sites for hydroxylation is 1. The maximum absolute atomic E-state index is 4.43. The lowest BCUT2D eigenvalue weighted by atomic mass is 10.00. The second kappa shape index (κ2) is 6.08. The van der Waals surface area contributed by atoms with Crippen LogP contribution in [0.4, 0.5) is 5.13 Å². The van der Waals surface area contributed by atoms with Crippen molar-refractivity contribution in [2.24, 2.45) is 0 Å². The number of aromatic nitrogens is 3. The van der Waals surface area contributed by atoms with Crippen molar-refractivity contribution in [3.63, 3.8) is 0 Å². The molecule has 1 unspecified atom stereocenters. The van der Waals surface area contributed by atoms with E-state index >= 15 is 0 Å². The topological polar surface area (TPSA) is 41.9 Å². The summed E-state index contributed by atoms with van der Waals surface area (Å²) in [6.07, 6.45) is 4.16. The number of pyridine rings is 1. The second-order valence-corrected chi connectivity index (χ2v) is 6.77. The fraction of sp³-hybridized carbons (Fsp3) is 0.278. The normalized spacial score (nSPS) is 17.6. The number of nitrogens with zero attached hydrogens (tertiary/aromatic N) is 4. The van der Waals surface area contributed by atoms with Crippen LogP contribution in [-0.2, 0) is 0 Å². The first-order valence-corrected chi connectivity index (χ1v) is 8.71. The molecule has 0 bridgehead atoms. The summed E-state index contributed by atoms with van der Waals surface area (Å²) < 4.78 is 0. The molecule has 5 heteroatoms. The zero-order chi connectivity index (χ0) is 15.6. The first-order chi connectivity index (χ1) is 11.3. The average molecular weight is 322 g/mol. The van der Waals surface area contributed by atoms with Crippen molar-refractivity contribution in [2.45, 2.75) is 25.8 Å². The van der Waals surface area contributed by atoms with Crippen LogP contribution < -0.4 is 4.90 Å². The molecule has 0 spiro atoms. The van der Waals surface area contributed by atoms with Gasteiger partial charge in [0.25, 0.3) is 0 Å². The molecule has 1 aromatic carbocycles. The highest BCUT2D eigenvalue weighted by molar-refractivity contribution is 7.18. The number of rotatable bonds is 3. The standard InChI is InChI=1S/C18H18N4S/c1-13-7-2-3-8-14(13)16-10-6-12-22(16)18-21-20-17(23-18)15-9-4-5-11-19-15/h2-5,7-9,11,16H,6,10,12H2,1H3. The molecule has 1 fully saturated rings. The van der Waals surface area contributed by atoms with Crippen LogP contribution in [0.2, 0.25) is 0 Å². The molecule has 3 heterocycles. The van der Waals surface area contributed by atoms with E-state index in [2.05, 4.69) is 51.3 Å². The third-order valence-electron chi connectivity index (χ3n) is 4.34. The largest absolute Gasteiger partial charge is 0.340 e. The summed E-state index contributed by atoms with van der Waals surface area (Å²) in [5.41, 5.74) is 3.64. The molecule has 116 valence electrons. The third-order valence-corrected chi connectivity index (χ3v) is 5.33. The summed E-state index contributed by atoms with van der Waals surface area (Å²) in [7, 11) is 0. The molecule has 0 amide bonds. The molecule has 1 aliphatic heterocycles. The van der Waals surface area contributed by atoms with Crippen LogP contribution in [0.5, 0.6) is 0 Å². The second-order valence-electron chi connectivity index (χ2n) is 5.81. The first-order valence-electron chi connectivity index (χ1n) is 7.90. The number of hydrogen-bond donors (Lipinski definition) is 0. The molecule has 23 heavy (non-hydrogen) atoms. The molecule has 4 rings (SSSR count). The quantitative estimate of drug-likeness (QED) is 0.723. The summed E-state index contributed by atoms with van der Waals surface area (Å²) >= 11 is 1.63.